The van der Waals surface area contributed by atoms with E-state index < -0.39 is 0 Å². The number of rotatable bonds is 6. The third kappa shape index (κ3) is 5.01. The molecule has 2 heterocycles. The van der Waals surface area contributed by atoms with E-state index in [2.05, 4.69) is 30.9 Å². The number of pyridine rings is 1. The number of carbonyl (C=O) groups excluding carboxylic acids is 1. The summed E-state index contributed by atoms with van der Waals surface area (Å²) in [5.74, 6) is 1.94. The second-order valence-electron chi connectivity index (χ2n) is 5.79. The molecule has 0 spiro atoms. The fourth-order valence-corrected chi connectivity index (χ4v) is 2.44. The maximum Gasteiger partial charge on any atom is 0.221 e. The van der Waals surface area contributed by atoms with Crippen LogP contribution in [0.3, 0.4) is 0 Å². The Bertz CT molecular complexity index is 898. The number of benzene rings is 1. The molecule has 7 heteroatoms. The Morgan fingerprint density at radius 3 is 2.62 bits per heavy atom. The average molecular weight is 348 g/mol. The topological polar surface area (TPSA) is 91.8 Å². The molecule has 0 bridgehead atoms. The average Bonchev–Trinajstić information content (AvgIpc) is 2.60. The summed E-state index contributed by atoms with van der Waals surface area (Å²) in [5, 5.41) is 9.28. The van der Waals surface area contributed by atoms with Crippen LogP contribution < -0.4 is 16.0 Å². The van der Waals surface area contributed by atoms with E-state index in [1.807, 2.05) is 55.6 Å². The second-order valence-corrected chi connectivity index (χ2v) is 5.79. The van der Waals surface area contributed by atoms with Crippen molar-refractivity contribution >= 4 is 28.9 Å². The zero-order chi connectivity index (χ0) is 18.4. The van der Waals surface area contributed by atoms with Crippen molar-refractivity contribution in [3.05, 3.63) is 66.2 Å². The molecule has 132 valence electrons. The Labute approximate surface area is 151 Å². The maximum atomic E-state index is 11.2. The zero-order valence-electron chi connectivity index (χ0n) is 14.7. The number of hydrogen-bond acceptors (Lipinski definition) is 6. The molecule has 3 aromatic rings. The van der Waals surface area contributed by atoms with Gasteiger partial charge in [0.15, 0.2) is 0 Å². The molecule has 26 heavy (non-hydrogen) atoms. The van der Waals surface area contributed by atoms with E-state index in [4.69, 9.17) is 0 Å². The van der Waals surface area contributed by atoms with Gasteiger partial charge in [0.05, 0.1) is 0 Å². The molecule has 3 rings (SSSR count). The molecule has 0 aliphatic rings. The van der Waals surface area contributed by atoms with Gasteiger partial charge >= 0.3 is 0 Å². The Morgan fingerprint density at radius 2 is 1.85 bits per heavy atom. The molecule has 0 atom stereocenters. The van der Waals surface area contributed by atoms with Gasteiger partial charge in [0.2, 0.25) is 5.91 Å². The highest BCUT2D eigenvalue weighted by Gasteiger charge is 2.04. The number of carbonyl (C=O) groups is 1. The van der Waals surface area contributed by atoms with Gasteiger partial charge in [0.25, 0.3) is 0 Å². The van der Waals surface area contributed by atoms with Crippen LogP contribution in [0.15, 0.2) is 54.9 Å². The lowest BCUT2D eigenvalue weighted by Crippen LogP contribution is -2.06. The van der Waals surface area contributed by atoms with Crippen LogP contribution in [0.4, 0.5) is 23.0 Å². The summed E-state index contributed by atoms with van der Waals surface area (Å²) in [6.07, 6.45) is 3.56. The van der Waals surface area contributed by atoms with Gasteiger partial charge in [-0.05, 0) is 36.8 Å². The van der Waals surface area contributed by atoms with E-state index in [1.165, 1.54) is 6.92 Å². The van der Waals surface area contributed by atoms with Crippen LogP contribution in [0.2, 0.25) is 0 Å². The zero-order valence-corrected chi connectivity index (χ0v) is 14.7. The summed E-state index contributed by atoms with van der Waals surface area (Å²) in [6, 6.07) is 13.2. The smallest absolute Gasteiger partial charge is 0.221 e. The first-order chi connectivity index (χ1) is 12.6. The van der Waals surface area contributed by atoms with E-state index in [0.29, 0.717) is 18.2 Å². The van der Waals surface area contributed by atoms with Crippen LogP contribution >= 0.6 is 0 Å². The molecule has 0 fully saturated rings. The molecular formula is C19H20N6O. The molecule has 3 N–H and O–H groups in total. The lowest BCUT2D eigenvalue weighted by atomic mass is 10.2. The Balaban J connectivity index is 1.72. The SMILES string of the molecule is CC(=O)Nc1cccc(Nc2cc(NCc3cccnc3)nc(C)n2)c1. The molecule has 0 aliphatic heterocycles. The summed E-state index contributed by atoms with van der Waals surface area (Å²) in [5.41, 5.74) is 2.62. The van der Waals surface area contributed by atoms with Crippen molar-refractivity contribution in [2.45, 2.75) is 20.4 Å². The van der Waals surface area contributed by atoms with Gasteiger partial charge < -0.3 is 16.0 Å². The summed E-state index contributed by atoms with van der Waals surface area (Å²) in [7, 11) is 0. The first-order valence-electron chi connectivity index (χ1n) is 8.21. The van der Waals surface area contributed by atoms with Crippen LogP contribution in [0.1, 0.15) is 18.3 Å². The monoisotopic (exact) mass is 348 g/mol. The largest absolute Gasteiger partial charge is 0.366 e. The normalized spacial score (nSPS) is 10.2. The van der Waals surface area contributed by atoms with Crippen LogP contribution in [-0.4, -0.2) is 20.9 Å². The molecule has 0 unspecified atom stereocenters. The molecule has 0 radical (unpaired) electrons. The van der Waals surface area contributed by atoms with E-state index in [9.17, 15) is 4.79 Å². The number of amides is 1. The van der Waals surface area contributed by atoms with Crippen molar-refractivity contribution in [1.29, 1.82) is 0 Å². The Kier molecular flexibility index (Phi) is 5.38. The molecule has 1 amide bonds. The first kappa shape index (κ1) is 17.3. The number of aryl methyl sites for hydroxylation is 1. The quantitative estimate of drug-likeness (QED) is 0.631. The standard InChI is InChI=1S/C19H20N6O/c1-13-22-18(21-12-15-5-4-8-20-11-15)10-19(23-13)25-17-7-3-6-16(9-17)24-14(2)26/h3-11H,12H2,1-2H3,(H,24,26)(H2,21,22,23,25). The third-order valence-electron chi connectivity index (χ3n) is 3.49. The van der Waals surface area contributed by atoms with E-state index >= 15 is 0 Å². The minimum Gasteiger partial charge on any atom is -0.366 e. The predicted octanol–water partition coefficient (Wildman–Crippen LogP) is 3.49. The van der Waals surface area contributed by atoms with Gasteiger partial charge in [-0.25, -0.2) is 9.97 Å². The van der Waals surface area contributed by atoms with Crippen molar-refractivity contribution in [3.8, 4) is 0 Å². The Hall–Kier alpha value is -3.48. The van der Waals surface area contributed by atoms with Gasteiger partial charge in [0.1, 0.15) is 17.5 Å². The second kappa shape index (κ2) is 8.06. The van der Waals surface area contributed by atoms with Crippen molar-refractivity contribution in [3.63, 3.8) is 0 Å². The van der Waals surface area contributed by atoms with Crippen molar-refractivity contribution in [2.24, 2.45) is 0 Å². The molecule has 1 aromatic carbocycles. The minimum absolute atomic E-state index is 0.109. The molecule has 0 aliphatic carbocycles. The summed E-state index contributed by atoms with van der Waals surface area (Å²) in [6.45, 7) is 3.95. The maximum absolute atomic E-state index is 11.2. The van der Waals surface area contributed by atoms with Crippen molar-refractivity contribution < 1.29 is 4.79 Å². The number of nitrogens with one attached hydrogen (secondary N) is 3. The van der Waals surface area contributed by atoms with Gasteiger partial charge in [-0.1, -0.05) is 12.1 Å². The fourth-order valence-electron chi connectivity index (χ4n) is 2.44. The molecule has 0 saturated heterocycles. The van der Waals surface area contributed by atoms with E-state index in [1.54, 1.807) is 6.20 Å². The number of nitrogens with zero attached hydrogens (tertiary/aromatic N) is 3. The minimum atomic E-state index is -0.109. The lowest BCUT2D eigenvalue weighted by Gasteiger charge is -2.11. The summed E-state index contributed by atoms with van der Waals surface area (Å²) >= 11 is 0. The lowest BCUT2D eigenvalue weighted by molar-refractivity contribution is -0.114. The first-order valence-corrected chi connectivity index (χ1v) is 8.21. The summed E-state index contributed by atoms with van der Waals surface area (Å²) < 4.78 is 0. The van der Waals surface area contributed by atoms with Gasteiger partial charge in [-0.15, -0.1) is 0 Å². The van der Waals surface area contributed by atoms with Gasteiger partial charge in [-0.3, -0.25) is 9.78 Å². The highest BCUT2D eigenvalue weighted by molar-refractivity contribution is 5.89. The van der Waals surface area contributed by atoms with E-state index in [0.717, 1.165) is 22.8 Å². The fraction of sp³-hybridized carbons (Fsp3) is 0.158. The molecule has 7 nitrogen and oxygen atoms in total. The molecule has 0 saturated carbocycles. The molecule has 2 aromatic heterocycles. The van der Waals surface area contributed by atoms with E-state index in [-0.39, 0.29) is 5.91 Å². The highest BCUT2D eigenvalue weighted by atomic mass is 16.1. The molecular weight excluding hydrogens is 328 g/mol. The highest BCUT2D eigenvalue weighted by Crippen LogP contribution is 2.21. The number of aromatic nitrogens is 3. The van der Waals surface area contributed by atoms with Gasteiger partial charge in [-0.2, -0.15) is 0 Å². The summed E-state index contributed by atoms with van der Waals surface area (Å²) in [4.78, 5) is 24.1. The van der Waals surface area contributed by atoms with Crippen LogP contribution in [0.25, 0.3) is 0 Å². The number of hydrogen-bond donors (Lipinski definition) is 3. The van der Waals surface area contributed by atoms with Crippen molar-refractivity contribution in [1.82, 2.24) is 15.0 Å². The predicted molar refractivity (Wildman–Crippen MR) is 102 cm³/mol. The number of anilines is 4. The third-order valence-corrected chi connectivity index (χ3v) is 3.49. The Morgan fingerprint density at radius 1 is 1.04 bits per heavy atom. The van der Waals surface area contributed by atoms with Crippen LogP contribution in [-0.2, 0) is 11.3 Å². The van der Waals surface area contributed by atoms with Gasteiger partial charge in [0, 0.05) is 43.3 Å². The van der Waals surface area contributed by atoms with Crippen LogP contribution in [0.5, 0.6) is 0 Å². The van der Waals surface area contributed by atoms with Crippen LogP contribution in [0, 0.1) is 6.92 Å². The van der Waals surface area contributed by atoms with Crippen molar-refractivity contribution in [2.75, 3.05) is 16.0 Å².